The molecule has 0 amide bonds. The Labute approximate surface area is 501 Å². The van der Waals surface area contributed by atoms with Gasteiger partial charge in [0.15, 0.2) is 0 Å². The molecule has 0 spiro atoms. The van der Waals surface area contributed by atoms with E-state index in [0.29, 0.717) is 0 Å². The minimum atomic E-state index is 1.20. The third-order valence-electron chi connectivity index (χ3n) is 14.3. The van der Waals surface area contributed by atoms with E-state index in [1.54, 1.807) is 0 Å². The molecular formula is C66H84S10. The van der Waals surface area contributed by atoms with Gasteiger partial charge in [0.25, 0.3) is 0 Å². The summed E-state index contributed by atoms with van der Waals surface area (Å²) in [7, 11) is 0. The van der Waals surface area contributed by atoms with Crippen molar-refractivity contribution in [1.29, 1.82) is 0 Å². The van der Waals surface area contributed by atoms with E-state index in [1.165, 1.54) is 269 Å². The van der Waals surface area contributed by atoms with Gasteiger partial charge in [-0.25, -0.2) is 0 Å². The van der Waals surface area contributed by atoms with E-state index in [1.807, 2.05) is 115 Å². The van der Waals surface area contributed by atoms with Gasteiger partial charge >= 0.3 is 0 Å². The van der Waals surface area contributed by atoms with E-state index in [0.717, 1.165) is 0 Å². The van der Waals surface area contributed by atoms with Gasteiger partial charge in [-0.05, 0) is 168 Å². The quantitative estimate of drug-likeness (QED) is 0.0359. The largest absolute Gasteiger partial charge is 0.144 e. The number of thioether (sulfide) groups is 4. The van der Waals surface area contributed by atoms with Crippen molar-refractivity contribution in [2.45, 2.75) is 227 Å². The summed E-state index contributed by atoms with van der Waals surface area (Å²) in [5.41, 5.74) is 6.01. The molecule has 8 rings (SSSR count). The van der Waals surface area contributed by atoms with E-state index in [9.17, 15) is 0 Å². The molecule has 0 radical (unpaired) electrons. The Bertz CT molecular complexity index is 2430. The Morgan fingerprint density at radius 1 is 0.276 bits per heavy atom. The highest BCUT2D eigenvalue weighted by molar-refractivity contribution is 8.30. The van der Waals surface area contributed by atoms with Crippen LogP contribution >= 0.6 is 115 Å². The standard InChI is InChI=1S/C66H84S10/c1-5-9-13-17-21-25-29-49-41-53(67-45-49)33-37-57-61-62(58(71-57)38-34-54-42-50(46-68-54)30-26-22-18-14-10-6-2)74-65(73-61)66-75-63-59(39-35-55-43-51(47-69-55)31-27-23-19-15-11-7-3)72-60(64(63)76-66)40-36-56-44-52(48-70-56)32-28-24-20-16-12-8-4/h33-48H,5-32H2,1-4H3/b37-33+,38-34+,39-35+,40-36+. The second-order valence-corrected chi connectivity index (χ2v) is 31.3. The molecule has 0 atom stereocenters. The molecule has 0 saturated heterocycles. The fourth-order valence-electron chi connectivity index (χ4n) is 9.80. The fourth-order valence-corrected chi connectivity index (χ4v) is 21.6. The van der Waals surface area contributed by atoms with Crippen LogP contribution in [0, 0.1) is 0 Å². The summed E-state index contributed by atoms with van der Waals surface area (Å²) in [6.45, 7) is 9.22. The van der Waals surface area contributed by atoms with Crippen LogP contribution in [-0.4, -0.2) is 0 Å². The van der Waals surface area contributed by atoms with Crippen molar-refractivity contribution in [2.24, 2.45) is 0 Å². The summed E-state index contributed by atoms with van der Waals surface area (Å²) in [5, 5.41) is 9.60. The van der Waals surface area contributed by atoms with Crippen LogP contribution in [0.5, 0.6) is 0 Å². The molecule has 2 aliphatic rings. The molecule has 10 heteroatoms. The number of hydrogen-bond donors (Lipinski definition) is 0. The third-order valence-corrected chi connectivity index (χ3v) is 26.7. The molecule has 408 valence electrons. The SMILES string of the molecule is CCCCCCCCc1csc(/C=C/c2sc(/C=C/c3cc(CCCCCCCC)cs3)c3c2SC(=C2Sc4c(/C=C/c5cc(CCCCCCCC)cs5)sc(/C=C/c5cc(CCCCCCCC)cs5)c4S2)S3)c1. The molecule has 0 aliphatic carbocycles. The van der Waals surface area contributed by atoms with Gasteiger partial charge in [0, 0.05) is 58.6 Å². The van der Waals surface area contributed by atoms with Gasteiger partial charge in [0.2, 0.25) is 0 Å². The van der Waals surface area contributed by atoms with E-state index in [4.69, 9.17) is 0 Å². The smallest absolute Gasteiger partial charge is 0.0707 e. The first-order valence-electron chi connectivity index (χ1n) is 29.3. The van der Waals surface area contributed by atoms with Crippen LogP contribution in [0.3, 0.4) is 0 Å². The molecule has 0 unspecified atom stereocenters. The summed E-state index contributed by atoms with van der Waals surface area (Å²) in [6, 6.07) is 9.78. The van der Waals surface area contributed by atoms with Crippen molar-refractivity contribution in [1.82, 2.24) is 0 Å². The molecule has 0 bridgehead atoms. The van der Waals surface area contributed by atoms with Gasteiger partial charge in [0.05, 0.1) is 8.47 Å². The van der Waals surface area contributed by atoms with Crippen LogP contribution < -0.4 is 0 Å². The summed E-state index contributed by atoms with van der Waals surface area (Å²) in [5.74, 6) is 0. The van der Waals surface area contributed by atoms with Crippen LogP contribution in [0.1, 0.15) is 243 Å². The number of fused-ring (bicyclic) bond motifs is 2. The van der Waals surface area contributed by atoms with Gasteiger partial charge in [0.1, 0.15) is 0 Å². The van der Waals surface area contributed by atoms with E-state index < -0.39 is 0 Å². The Balaban J connectivity index is 1.01. The molecule has 76 heavy (non-hydrogen) atoms. The predicted molar refractivity (Wildman–Crippen MR) is 360 cm³/mol. The Morgan fingerprint density at radius 2 is 0.500 bits per heavy atom. The van der Waals surface area contributed by atoms with E-state index in [2.05, 4.69) is 122 Å². The minimum absolute atomic E-state index is 1.20. The Kier molecular flexibility index (Phi) is 26.9. The third kappa shape index (κ3) is 19.2. The summed E-state index contributed by atoms with van der Waals surface area (Å²) in [6.07, 6.45) is 56.4. The second kappa shape index (κ2) is 33.9. The second-order valence-electron chi connectivity index (χ2n) is 20.8. The highest BCUT2D eigenvalue weighted by Gasteiger charge is 2.33. The molecular weight excluding hydrogens is 1110 g/mol. The fraction of sp³-hybridized carbons (Fsp3) is 0.485. The zero-order valence-corrected chi connectivity index (χ0v) is 54.3. The molecule has 0 fully saturated rings. The summed E-state index contributed by atoms with van der Waals surface area (Å²) in [4.78, 5) is 16.8. The summed E-state index contributed by atoms with van der Waals surface area (Å²) < 4.78 is 2.88. The normalized spacial score (nSPS) is 13.7. The predicted octanol–water partition coefficient (Wildman–Crippen LogP) is 26.6. The molecule has 0 nitrogen and oxygen atoms in total. The maximum absolute atomic E-state index is 2.44. The molecule has 0 saturated carbocycles. The summed E-state index contributed by atoms with van der Waals surface area (Å²) >= 11 is 19.6. The molecule has 6 aromatic heterocycles. The van der Waals surface area contributed by atoms with Crippen LogP contribution in [0.2, 0.25) is 0 Å². The van der Waals surface area contributed by atoms with Crippen molar-refractivity contribution >= 4 is 164 Å². The Morgan fingerprint density at radius 3 is 0.737 bits per heavy atom. The first-order valence-corrected chi connectivity index (χ1v) is 37.7. The van der Waals surface area contributed by atoms with Gasteiger partial charge in [-0.15, -0.1) is 68.0 Å². The minimum Gasteiger partial charge on any atom is -0.144 e. The lowest BCUT2D eigenvalue weighted by Crippen LogP contribution is -1.83. The highest BCUT2D eigenvalue weighted by atomic mass is 32.2. The Hall–Kier alpha value is -1.70. The van der Waals surface area contributed by atoms with Crippen molar-refractivity contribution in [2.75, 3.05) is 0 Å². The average molecular weight is 1200 g/mol. The molecule has 0 aromatic carbocycles. The number of thiophene rings is 6. The van der Waals surface area contributed by atoms with Crippen LogP contribution in [0.25, 0.3) is 48.6 Å². The number of aryl methyl sites for hydroxylation is 4. The van der Waals surface area contributed by atoms with Gasteiger partial charge in [-0.2, -0.15) is 0 Å². The first kappa shape index (κ1) is 60.4. The zero-order chi connectivity index (χ0) is 52.6. The molecule has 6 aromatic rings. The lowest BCUT2D eigenvalue weighted by molar-refractivity contribution is 0.608. The lowest BCUT2D eigenvalue weighted by Gasteiger charge is -2.03. The van der Waals surface area contributed by atoms with Crippen LogP contribution in [-0.2, 0) is 25.7 Å². The lowest BCUT2D eigenvalue weighted by atomic mass is 10.1. The molecule has 2 aliphatic heterocycles. The average Bonchev–Trinajstić information content (AvgIpc) is 4.30. The number of unbranched alkanes of at least 4 members (excludes halogenated alkanes) is 20. The topological polar surface area (TPSA) is 0 Å². The van der Waals surface area contributed by atoms with E-state index in [-0.39, 0.29) is 0 Å². The number of rotatable bonds is 36. The first-order chi connectivity index (χ1) is 37.5. The monoisotopic (exact) mass is 1200 g/mol. The van der Waals surface area contributed by atoms with Crippen molar-refractivity contribution in [3.8, 4) is 0 Å². The molecule has 8 heterocycles. The van der Waals surface area contributed by atoms with Crippen molar-refractivity contribution in [3.63, 3.8) is 0 Å². The zero-order valence-electron chi connectivity index (χ0n) is 46.1. The van der Waals surface area contributed by atoms with Crippen LogP contribution in [0.4, 0.5) is 0 Å². The van der Waals surface area contributed by atoms with Gasteiger partial charge in [-0.1, -0.05) is 203 Å². The van der Waals surface area contributed by atoms with Gasteiger partial charge < -0.3 is 0 Å². The van der Waals surface area contributed by atoms with Crippen molar-refractivity contribution in [3.05, 3.63) is 116 Å². The maximum Gasteiger partial charge on any atom is 0.0707 e. The number of hydrogen-bond acceptors (Lipinski definition) is 10. The van der Waals surface area contributed by atoms with Gasteiger partial charge in [-0.3, -0.25) is 0 Å². The van der Waals surface area contributed by atoms with E-state index >= 15 is 0 Å². The van der Waals surface area contributed by atoms with Crippen LogP contribution in [0.15, 0.2) is 73.8 Å². The molecule has 0 N–H and O–H groups in total. The maximum atomic E-state index is 2.44. The van der Waals surface area contributed by atoms with Crippen molar-refractivity contribution < 1.29 is 0 Å². The highest BCUT2D eigenvalue weighted by Crippen LogP contribution is 2.66.